The minimum atomic E-state index is -4.36. The molecule has 0 aliphatic carbocycles. The van der Waals surface area contributed by atoms with Gasteiger partial charge in [-0.15, -0.1) is 0 Å². The van der Waals surface area contributed by atoms with E-state index in [0.29, 0.717) is 16.8 Å². The predicted octanol–water partition coefficient (Wildman–Crippen LogP) is 3.64. The number of benzene rings is 3. The average molecular weight is 313 g/mol. The Kier molecular flexibility index (Phi) is 3.39. The summed E-state index contributed by atoms with van der Waals surface area (Å²) < 4.78 is 33.1. The van der Waals surface area contributed by atoms with Gasteiger partial charge in [-0.1, -0.05) is 42.0 Å². The van der Waals surface area contributed by atoms with Crippen molar-refractivity contribution in [2.45, 2.75) is 11.8 Å². The molecule has 0 unspecified atom stereocenters. The molecular formula is C17H15NO3S. The van der Waals surface area contributed by atoms with Crippen LogP contribution in [0.5, 0.6) is 0 Å². The Hall–Kier alpha value is -2.37. The second-order valence-corrected chi connectivity index (χ2v) is 6.62. The van der Waals surface area contributed by atoms with Crippen molar-refractivity contribution in [2.75, 3.05) is 5.73 Å². The van der Waals surface area contributed by atoms with Crippen molar-refractivity contribution in [3.63, 3.8) is 0 Å². The summed E-state index contributed by atoms with van der Waals surface area (Å²) in [6.07, 6.45) is 0. The van der Waals surface area contributed by atoms with Gasteiger partial charge in [-0.25, -0.2) is 0 Å². The maximum atomic E-state index is 11.8. The number of fused-ring (bicyclic) bond motifs is 1. The highest BCUT2D eigenvalue weighted by Gasteiger charge is 2.20. The predicted molar refractivity (Wildman–Crippen MR) is 88.3 cm³/mol. The molecule has 0 radical (unpaired) electrons. The standard InChI is InChI=1S/C17H15NO3S/c1-11-6-8-15(18)14(10-11)17-13-5-3-2-4-12(13)7-9-16(17)22(19,20)21/h2-10H,18H2,1H3,(H,19,20,21). The summed E-state index contributed by atoms with van der Waals surface area (Å²) >= 11 is 0. The first-order valence-corrected chi connectivity index (χ1v) is 8.17. The molecule has 4 nitrogen and oxygen atoms in total. The van der Waals surface area contributed by atoms with E-state index in [4.69, 9.17) is 5.73 Å². The van der Waals surface area contributed by atoms with Crippen molar-refractivity contribution in [3.05, 3.63) is 60.2 Å². The van der Waals surface area contributed by atoms with E-state index in [2.05, 4.69) is 0 Å². The molecule has 0 saturated carbocycles. The molecule has 112 valence electrons. The second kappa shape index (κ2) is 5.12. The minimum Gasteiger partial charge on any atom is -0.398 e. The van der Waals surface area contributed by atoms with Gasteiger partial charge in [-0.2, -0.15) is 8.42 Å². The molecule has 3 N–H and O–H groups in total. The van der Waals surface area contributed by atoms with E-state index in [9.17, 15) is 13.0 Å². The summed E-state index contributed by atoms with van der Waals surface area (Å²) in [5, 5.41) is 1.61. The van der Waals surface area contributed by atoms with E-state index in [1.54, 1.807) is 12.1 Å². The first-order valence-electron chi connectivity index (χ1n) is 6.73. The van der Waals surface area contributed by atoms with Crippen LogP contribution in [-0.4, -0.2) is 13.0 Å². The van der Waals surface area contributed by atoms with Gasteiger partial charge in [-0.05, 0) is 35.9 Å². The van der Waals surface area contributed by atoms with Gasteiger partial charge in [-0.3, -0.25) is 4.55 Å². The quantitative estimate of drug-likeness (QED) is 0.559. The summed E-state index contributed by atoms with van der Waals surface area (Å²) in [5.41, 5.74) is 8.50. The Morgan fingerprint density at radius 1 is 1.00 bits per heavy atom. The van der Waals surface area contributed by atoms with Crippen LogP contribution in [0.25, 0.3) is 21.9 Å². The molecule has 0 aromatic heterocycles. The van der Waals surface area contributed by atoms with Crippen LogP contribution in [0.4, 0.5) is 5.69 Å². The lowest BCUT2D eigenvalue weighted by Crippen LogP contribution is -2.03. The van der Waals surface area contributed by atoms with E-state index in [0.717, 1.165) is 16.3 Å². The zero-order valence-electron chi connectivity index (χ0n) is 11.9. The highest BCUT2D eigenvalue weighted by molar-refractivity contribution is 7.86. The number of aryl methyl sites for hydroxylation is 1. The number of nitrogen functional groups attached to an aromatic ring is 1. The third-order valence-electron chi connectivity index (χ3n) is 3.65. The van der Waals surface area contributed by atoms with E-state index in [1.807, 2.05) is 43.3 Å². The Bertz CT molecular complexity index is 978. The summed E-state index contributed by atoms with van der Waals surface area (Å²) in [6.45, 7) is 1.90. The fraction of sp³-hybridized carbons (Fsp3) is 0.0588. The number of hydrogen-bond acceptors (Lipinski definition) is 3. The third-order valence-corrected chi connectivity index (χ3v) is 4.54. The molecule has 0 aliphatic rings. The Labute approximate surface area is 129 Å². The van der Waals surface area contributed by atoms with Gasteiger partial charge in [0.15, 0.2) is 0 Å². The van der Waals surface area contributed by atoms with Gasteiger partial charge in [0.2, 0.25) is 0 Å². The lowest BCUT2D eigenvalue weighted by molar-refractivity contribution is 0.483. The molecule has 0 spiro atoms. The van der Waals surface area contributed by atoms with Crippen molar-refractivity contribution in [3.8, 4) is 11.1 Å². The van der Waals surface area contributed by atoms with Gasteiger partial charge >= 0.3 is 0 Å². The molecule has 3 aromatic carbocycles. The monoisotopic (exact) mass is 313 g/mol. The summed E-state index contributed by atoms with van der Waals surface area (Å²) in [6, 6.07) is 15.9. The summed E-state index contributed by atoms with van der Waals surface area (Å²) in [5.74, 6) is 0. The van der Waals surface area contributed by atoms with E-state index in [-0.39, 0.29) is 4.90 Å². The molecule has 3 aromatic rings. The number of hydrogen-bond donors (Lipinski definition) is 2. The fourth-order valence-corrected chi connectivity index (χ4v) is 3.35. The normalized spacial score (nSPS) is 11.7. The topological polar surface area (TPSA) is 80.4 Å². The Balaban J connectivity index is 2.52. The molecule has 0 heterocycles. The Morgan fingerprint density at radius 3 is 2.45 bits per heavy atom. The highest BCUT2D eigenvalue weighted by Crippen LogP contribution is 2.38. The molecule has 0 fully saturated rings. The van der Waals surface area contributed by atoms with Crippen LogP contribution in [0.2, 0.25) is 0 Å². The van der Waals surface area contributed by atoms with Crippen molar-refractivity contribution in [1.29, 1.82) is 0 Å². The lowest BCUT2D eigenvalue weighted by Gasteiger charge is -2.14. The van der Waals surface area contributed by atoms with Crippen LogP contribution in [-0.2, 0) is 10.1 Å². The van der Waals surface area contributed by atoms with Crippen LogP contribution >= 0.6 is 0 Å². The van der Waals surface area contributed by atoms with Crippen LogP contribution in [0.15, 0.2) is 59.5 Å². The summed E-state index contributed by atoms with van der Waals surface area (Å²) in [4.78, 5) is -0.136. The van der Waals surface area contributed by atoms with E-state index in [1.165, 1.54) is 6.07 Å². The molecule has 22 heavy (non-hydrogen) atoms. The zero-order chi connectivity index (χ0) is 15.9. The minimum absolute atomic E-state index is 0.136. The fourth-order valence-electron chi connectivity index (χ4n) is 2.63. The van der Waals surface area contributed by atoms with Crippen LogP contribution in [0.1, 0.15) is 5.56 Å². The third kappa shape index (κ3) is 2.45. The smallest absolute Gasteiger partial charge is 0.295 e. The molecule has 0 bridgehead atoms. The Morgan fingerprint density at radius 2 is 1.73 bits per heavy atom. The molecule has 0 saturated heterocycles. The maximum Gasteiger partial charge on any atom is 0.295 e. The maximum absolute atomic E-state index is 11.8. The molecule has 3 rings (SSSR count). The van der Waals surface area contributed by atoms with E-state index >= 15 is 0 Å². The van der Waals surface area contributed by atoms with Crippen molar-refractivity contribution >= 4 is 26.6 Å². The molecular weight excluding hydrogens is 298 g/mol. The van der Waals surface area contributed by atoms with Gasteiger partial charge < -0.3 is 5.73 Å². The highest BCUT2D eigenvalue weighted by atomic mass is 32.2. The number of anilines is 1. The molecule has 0 atom stereocenters. The zero-order valence-corrected chi connectivity index (χ0v) is 12.8. The summed E-state index contributed by atoms with van der Waals surface area (Å²) in [7, 11) is -4.36. The molecule has 0 aliphatic heterocycles. The first-order chi connectivity index (χ1) is 10.4. The van der Waals surface area contributed by atoms with Crippen LogP contribution in [0, 0.1) is 6.92 Å². The van der Waals surface area contributed by atoms with Gasteiger partial charge in [0.05, 0.1) is 0 Å². The molecule has 5 heteroatoms. The van der Waals surface area contributed by atoms with Gasteiger partial charge in [0, 0.05) is 16.8 Å². The van der Waals surface area contributed by atoms with E-state index < -0.39 is 10.1 Å². The molecule has 0 amide bonds. The first kappa shape index (κ1) is 14.6. The van der Waals surface area contributed by atoms with Crippen molar-refractivity contribution in [2.24, 2.45) is 0 Å². The van der Waals surface area contributed by atoms with Gasteiger partial charge in [0.25, 0.3) is 10.1 Å². The van der Waals surface area contributed by atoms with Crippen molar-refractivity contribution in [1.82, 2.24) is 0 Å². The number of nitrogens with two attached hydrogens (primary N) is 1. The lowest BCUT2D eigenvalue weighted by atomic mass is 9.96. The average Bonchev–Trinajstić information content (AvgIpc) is 2.47. The van der Waals surface area contributed by atoms with Gasteiger partial charge in [0.1, 0.15) is 4.90 Å². The largest absolute Gasteiger partial charge is 0.398 e. The SMILES string of the molecule is Cc1ccc(N)c(-c2c(S(=O)(=O)O)ccc3ccccc23)c1. The van der Waals surface area contributed by atoms with Crippen LogP contribution in [0.3, 0.4) is 0 Å². The van der Waals surface area contributed by atoms with Crippen LogP contribution < -0.4 is 5.73 Å². The second-order valence-electron chi connectivity index (χ2n) is 5.23. The number of rotatable bonds is 2. The van der Waals surface area contributed by atoms with Crippen molar-refractivity contribution < 1.29 is 13.0 Å².